The van der Waals surface area contributed by atoms with E-state index < -0.39 is 0 Å². The van der Waals surface area contributed by atoms with Gasteiger partial charge in [-0.1, -0.05) is 17.7 Å². The van der Waals surface area contributed by atoms with Gasteiger partial charge in [-0.05, 0) is 32.4 Å². The summed E-state index contributed by atoms with van der Waals surface area (Å²) < 4.78 is 5.95. The molecule has 94 valence electrons. The molecule has 0 fully saturated rings. The molecule has 2 rings (SSSR count). The first-order valence-electron chi connectivity index (χ1n) is 5.70. The van der Waals surface area contributed by atoms with Crippen LogP contribution in [-0.2, 0) is 4.84 Å². The number of hydrogen-bond acceptors (Lipinski definition) is 3. The summed E-state index contributed by atoms with van der Waals surface area (Å²) in [5.74, 6) is 0.767. The number of nitrogens with one attached hydrogen (secondary N) is 1. The standard InChI is InChI=1S/C13H18ClNO2/c1-8-5-9-11(15-16-4)7-13(2,3)17-12(9)10(14)6-8/h5-6,11,15H,7H2,1-4H3. The third kappa shape index (κ3) is 2.57. The lowest BCUT2D eigenvalue weighted by molar-refractivity contribution is 0.00301. The Bertz CT molecular complexity index is 432. The predicted octanol–water partition coefficient (Wildman–Crippen LogP) is 3.40. The van der Waals surface area contributed by atoms with Crippen LogP contribution in [0.4, 0.5) is 0 Å². The molecular weight excluding hydrogens is 238 g/mol. The molecule has 1 aliphatic rings. The van der Waals surface area contributed by atoms with Crippen molar-refractivity contribution in [3.05, 3.63) is 28.3 Å². The zero-order valence-electron chi connectivity index (χ0n) is 10.6. The van der Waals surface area contributed by atoms with Crippen LogP contribution in [0.5, 0.6) is 5.75 Å². The maximum Gasteiger partial charge on any atom is 0.143 e. The van der Waals surface area contributed by atoms with Gasteiger partial charge in [0.15, 0.2) is 0 Å². The highest BCUT2D eigenvalue weighted by Gasteiger charge is 2.35. The Morgan fingerprint density at radius 2 is 2.18 bits per heavy atom. The molecule has 0 aromatic heterocycles. The highest BCUT2D eigenvalue weighted by Crippen LogP contribution is 2.43. The van der Waals surface area contributed by atoms with Gasteiger partial charge in [0.25, 0.3) is 0 Å². The Morgan fingerprint density at radius 1 is 1.47 bits per heavy atom. The molecule has 1 atom stereocenters. The molecule has 1 heterocycles. The van der Waals surface area contributed by atoms with Crippen LogP contribution >= 0.6 is 11.6 Å². The van der Waals surface area contributed by atoms with Crippen LogP contribution in [0.25, 0.3) is 0 Å². The van der Waals surface area contributed by atoms with Crippen molar-refractivity contribution in [3.8, 4) is 5.75 Å². The molecule has 0 radical (unpaired) electrons. The molecule has 0 bridgehead atoms. The van der Waals surface area contributed by atoms with Gasteiger partial charge in [-0.25, -0.2) is 0 Å². The summed E-state index contributed by atoms with van der Waals surface area (Å²) in [6, 6.07) is 4.12. The number of ether oxygens (including phenoxy) is 1. The molecule has 1 aliphatic heterocycles. The Hall–Kier alpha value is -0.770. The molecule has 0 amide bonds. The van der Waals surface area contributed by atoms with Gasteiger partial charge in [0, 0.05) is 12.0 Å². The maximum atomic E-state index is 6.25. The molecule has 0 aliphatic carbocycles. The van der Waals surface area contributed by atoms with E-state index in [-0.39, 0.29) is 11.6 Å². The molecule has 1 N–H and O–H groups in total. The van der Waals surface area contributed by atoms with Crippen molar-refractivity contribution in [2.24, 2.45) is 0 Å². The van der Waals surface area contributed by atoms with Crippen LogP contribution in [0.1, 0.15) is 37.4 Å². The second kappa shape index (κ2) is 4.48. The van der Waals surface area contributed by atoms with Gasteiger partial charge in [0.2, 0.25) is 0 Å². The van der Waals surface area contributed by atoms with Gasteiger partial charge >= 0.3 is 0 Å². The van der Waals surface area contributed by atoms with Gasteiger partial charge in [-0.3, -0.25) is 0 Å². The van der Waals surface area contributed by atoms with E-state index in [1.807, 2.05) is 13.0 Å². The normalized spacial score (nSPS) is 21.8. The van der Waals surface area contributed by atoms with E-state index in [0.717, 1.165) is 23.3 Å². The first-order chi connectivity index (χ1) is 7.93. The molecule has 0 saturated heterocycles. The number of halogens is 1. The zero-order valence-corrected chi connectivity index (χ0v) is 11.4. The fourth-order valence-electron chi connectivity index (χ4n) is 2.29. The topological polar surface area (TPSA) is 30.5 Å². The Labute approximate surface area is 107 Å². The lowest BCUT2D eigenvalue weighted by atomic mass is 9.89. The van der Waals surface area contributed by atoms with E-state index in [1.54, 1.807) is 7.11 Å². The minimum atomic E-state index is -0.248. The SMILES string of the molecule is CONC1CC(C)(C)Oc2c(Cl)cc(C)cc21. The fourth-order valence-corrected chi connectivity index (χ4v) is 2.61. The molecule has 1 aromatic rings. The summed E-state index contributed by atoms with van der Waals surface area (Å²) in [4.78, 5) is 5.06. The van der Waals surface area contributed by atoms with Crippen molar-refractivity contribution in [1.29, 1.82) is 0 Å². The molecule has 3 nitrogen and oxygen atoms in total. The van der Waals surface area contributed by atoms with Gasteiger partial charge in [0.1, 0.15) is 11.4 Å². The van der Waals surface area contributed by atoms with Crippen molar-refractivity contribution < 1.29 is 9.57 Å². The second-order valence-electron chi connectivity index (χ2n) is 5.11. The summed E-state index contributed by atoms with van der Waals surface area (Å²) in [6.07, 6.45) is 0.841. The molecule has 17 heavy (non-hydrogen) atoms. The van der Waals surface area contributed by atoms with Crippen LogP contribution in [0.15, 0.2) is 12.1 Å². The third-order valence-corrected chi connectivity index (χ3v) is 3.21. The van der Waals surface area contributed by atoms with E-state index in [2.05, 4.69) is 25.4 Å². The molecule has 1 unspecified atom stereocenters. The first-order valence-corrected chi connectivity index (χ1v) is 6.08. The number of aryl methyl sites for hydroxylation is 1. The summed E-state index contributed by atoms with van der Waals surface area (Å²) in [5.41, 5.74) is 4.96. The maximum absolute atomic E-state index is 6.25. The number of fused-ring (bicyclic) bond motifs is 1. The highest BCUT2D eigenvalue weighted by atomic mass is 35.5. The lowest BCUT2D eigenvalue weighted by Gasteiger charge is -2.38. The van der Waals surface area contributed by atoms with Crippen molar-refractivity contribution in [1.82, 2.24) is 5.48 Å². The number of hydrogen-bond donors (Lipinski definition) is 1. The van der Waals surface area contributed by atoms with E-state index in [0.29, 0.717) is 5.02 Å². The summed E-state index contributed by atoms with van der Waals surface area (Å²) in [6.45, 7) is 6.13. The lowest BCUT2D eigenvalue weighted by Crippen LogP contribution is -2.39. The highest BCUT2D eigenvalue weighted by molar-refractivity contribution is 6.32. The van der Waals surface area contributed by atoms with Crippen LogP contribution in [0.2, 0.25) is 5.02 Å². The monoisotopic (exact) mass is 255 g/mol. The average Bonchev–Trinajstić information content (AvgIpc) is 2.19. The van der Waals surface area contributed by atoms with Crippen molar-refractivity contribution in [2.45, 2.75) is 38.8 Å². The Morgan fingerprint density at radius 3 is 2.82 bits per heavy atom. The number of hydroxylamine groups is 1. The molecule has 0 spiro atoms. The van der Waals surface area contributed by atoms with Crippen molar-refractivity contribution >= 4 is 11.6 Å². The van der Waals surface area contributed by atoms with E-state index in [4.69, 9.17) is 21.2 Å². The molecule has 4 heteroatoms. The Kier molecular flexibility index (Phi) is 3.34. The quantitative estimate of drug-likeness (QED) is 0.822. The van der Waals surface area contributed by atoms with Crippen molar-refractivity contribution in [3.63, 3.8) is 0 Å². The van der Waals surface area contributed by atoms with E-state index in [9.17, 15) is 0 Å². The average molecular weight is 256 g/mol. The Balaban J connectivity index is 2.48. The van der Waals surface area contributed by atoms with Crippen molar-refractivity contribution in [2.75, 3.05) is 7.11 Å². The number of rotatable bonds is 2. The second-order valence-corrected chi connectivity index (χ2v) is 5.51. The smallest absolute Gasteiger partial charge is 0.143 e. The van der Waals surface area contributed by atoms with E-state index >= 15 is 0 Å². The largest absolute Gasteiger partial charge is 0.486 e. The zero-order chi connectivity index (χ0) is 12.6. The van der Waals surface area contributed by atoms with Gasteiger partial charge in [-0.15, -0.1) is 0 Å². The first kappa shape index (κ1) is 12.7. The third-order valence-electron chi connectivity index (χ3n) is 2.93. The molecule has 1 aromatic carbocycles. The predicted molar refractivity (Wildman–Crippen MR) is 68.4 cm³/mol. The van der Waals surface area contributed by atoms with Gasteiger partial charge < -0.3 is 9.57 Å². The van der Waals surface area contributed by atoms with Crippen LogP contribution in [0, 0.1) is 6.92 Å². The van der Waals surface area contributed by atoms with E-state index in [1.165, 1.54) is 0 Å². The van der Waals surface area contributed by atoms with Crippen LogP contribution in [0.3, 0.4) is 0 Å². The van der Waals surface area contributed by atoms with Gasteiger partial charge in [-0.2, -0.15) is 5.48 Å². The summed E-state index contributed by atoms with van der Waals surface area (Å²) >= 11 is 6.25. The minimum Gasteiger partial charge on any atom is -0.486 e. The van der Waals surface area contributed by atoms with Crippen LogP contribution in [-0.4, -0.2) is 12.7 Å². The fraction of sp³-hybridized carbons (Fsp3) is 0.538. The molecule has 0 saturated carbocycles. The van der Waals surface area contributed by atoms with Crippen LogP contribution < -0.4 is 10.2 Å². The summed E-state index contributed by atoms with van der Waals surface area (Å²) in [7, 11) is 1.62. The molecular formula is C13H18ClNO2. The minimum absolute atomic E-state index is 0.108. The number of benzene rings is 1. The van der Waals surface area contributed by atoms with Gasteiger partial charge in [0.05, 0.1) is 18.2 Å². The summed E-state index contributed by atoms with van der Waals surface area (Å²) in [5, 5.41) is 0.663.